The van der Waals surface area contributed by atoms with E-state index in [1.165, 1.54) is 6.92 Å². The molecule has 0 bridgehead atoms. The molecule has 3 N–H and O–H groups in total. The number of hydrogen-bond donors (Lipinski definition) is 3. The second-order valence-corrected chi connectivity index (χ2v) is 1.98. The molecule has 0 saturated carbocycles. The molecule has 0 aliphatic heterocycles. The molecule has 0 fully saturated rings. The van der Waals surface area contributed by atoms with E-state index in [1.807, 2.05) is 0 Å². The smallest absolute Gasteiger partial charge is 1.00 e. The van der Waals surface area contributed by atoms with Gasteiger partial charge in [0.05, 0.1) is 6.61 Å². The number of esters is 1. The van der Waals surface area contributed by atoms with Gasteiger partial charge in [0.1, 0.15) is 0 Å². The van der Waals surface area contributed by atoms with Crippen molar-refractivity contribution in [3.8, 4) is 0 Å². The second-order valence-electron chi connectivity index (χ2n) is 1.98. The standard InChI is InChI=1S/C6H10O6.K.H/c1-2-12-6(11)4(8)3(7)5(9)10;;/h3-4,7-8H,2H2,1H3,(H,9,10);;/q;+1;-1. The minimum Gasteiger partial charge on any atom is -1.00 e. The fourth-order valence-electron chi connectivity index (χ4n) is 0.492. The molecule has 0 spiro atoms. The Morgan fingerprint density at radius 1 is 1.38 bits per heavy atom. The number of carbonyl (C=O) groups excluding carboxylic acids is 1. The van der Waals surface area contributed by atoms with Crippen molar-refractivity contribution >= 4 is 11.9 Å². The van der Waals surface area contributed by atoms with Gasteiger partial charge >= 0.3 is 63.3 Å². The summed E-state index contributed by atoms with van der Waals surface area (Å²) in [5.41, 5.74) is 0. The van der Waals surface area contributed by atoms with Crippen LogP contribution in [0, 0.1) is 0 Å². The van der Waals surface area contributed by atoms with Crippen LogP contribution < -0.4 is 51.4 Å². The van der Waals surface area contributed by atoms with E-state index in [0.717, 1.165) is 0 Å². The van der Waals surface area contributed by atoms with Crippen LogP contribution in [0.15, 0.2) is 0 Å². The van der Waals surface area contributed by atoms with Crippen molar-refractivity contribution in [1.82, 2.24) is 0 Å². The molecule has 0 aliphatic rings. The topological polar surface area (TPSA) is 104 Å². The van der Waals surface area contributed by atoms with Crippen LogP contribution in [0.5, 0.6) is 0 Å². The molecule has 0 rings (SSSR count). The van der Waals surface area contributed by atoms with Crippen LogP contribution in [0.4, 0.5) is 0 Å². The summed E-state index contributed by atoms with van der Waals surface area (Å²) < 4.78 is 4.26. The van der Waals surface area contributed by atoms with Crippen molar-refractivity contribution < 1.29 is 82.5 Å². The number of aliphatic hydroxyl groups excluding tert-OH is 2. The summed E-state index contributed by atoms with van der Waals surface area (Å²) >= 11 is 0. The Hall–Kier alpha value is 0.496. The van der Waals surface area contributed by atoms with Gasteiger partial charge in [0, 0.05) is 0 Å². The van der Waals surface area contributed by atoms with Crippen molar-refractivity contribution in [2.45, 2.75) is 19.1 Å². The van der Waals surface area contributed by atoms with Crippen LogP contribution in [0.3, 0.4) is 0 Å². The SMILES string of the molecule is CCOC(=O)C(O)C(O)C(=O)O.[H-].[K+]. The van der Waals surface area contributed by atoms with Gasteiger partial charge < -0.3 is 21.5 Å². The van der Waals surface area contributed by atoms with Gasteiger partial charge in [-0.25, -0.2) is 9.59 Å². The van der Waals surface area contributed by atoms with Gasteiger partial charge in [0.15, 0.2) is 12.2 Å². The van der Waals surface area contributed by atoms with E-state index in [9.17, 15) is 9.59 Å². The van der Waals surface area contributed by atoms with Crippen LogP contribution >= 0.6 is 0 Å². The molecule has 13 heavy (non-hydrogen) atoms. The molecule has 0 aromatic heterocycles. The number of aliphatic carboxylic acids is 1. The molecule has 0 amide bonds. The van der Waals surface area contributed by atoms with Gasteiger partial charge in [-0.15, -0.1) is 0 Å². The predicted molar refractivity (Wildman–Crippen MR) is 37.4 cm³/mol. The molecule has 2 atom stereocenters. The van der Waals surface area contributed by atoms with Gasteiger partial charge in [0.25, 0.3) is 0 Å². The van der Waals surface area contributed by atoms with Gasteiger partial charge in [-0.1, -0.05) is 0 Å². The third kappa shape index (κ3) is 5.73. The van der Waals surface area contributed by atoms with Gasteiger partial charge in [-0.05, 0) is 6.92 Å². The Labute approximate surface area is 119 Å². The fraction of sp³-hybridized carbons (Fsp3) is 0.667. The van der Waals surface area contributed by atoms with Crippen LogP contribution in [0.25, 0.3) is 0 Å². The zero-order chi connectivity index (χ0) is 9.72. The molecule has 0 aliphatic carbocycles. The molecule has 7 heteroatoms. The van der Waals surface area contributed by atoms with E-state index in [1.54, 1.807) is 0 Å². The molecule has 0 aromatic carbocycles. The zero-order valence-electron chi connectivity index (χ0n) is 8.43. The first-order valence-corrected chi connectivity index (χ1v) is 3.26. The Kier molecular flexibility index (Phi) is 9.64. The Morgan fingerprint density at radius 2 is 1.85 bits per heavy atom. The van der Waals surface area contributed by atoms with E-state index < -0.39 is 24.1 Å². The second kappa shape index (κ2) is 7.86. The first kappa shape index (κ1) is 15.9. The molecule has 6 nitrogen and oxygen atoms in total. The van der Waals surface area contributed by atoms with Gasteiger partial charge in [-0.3, -0.25) is 0 Å². The van der Waals surface area contributed by atoms with Crippen LogP contribution in [0.1, 0.15) is 8.35 Å². The maximum absolute atomic E-state index is 10.6. The summed E-state index contributed by atoms with van der Waals surface area (Å²) in [7, 11) is 0. The summed E-state index contributed by atoms with van der Waals surface area (Å²) in [6.07, 6.45) is -4.16. The summed E-state index contributed by atoms with van der Waals surface area (Å²) in [5.74, 6) is -2.82. The van der Waals surface area contributed by atoms with E-state index >= 15 is 0 Å². The van der Waals surface area contributed by atoms with E-state index in [0.29, 0.717) is 0 Å². The number of carboxylic acids is 1. The van der Waals surface area contributed by atoms with E-state index in [-0.39, 0.29) is 59.4 Å². The Bertz CT molecular complexity index is 187. The Balaban J connectivity index is -0.000000605. The van der Waals surface area contributed by atoms with Crippen LogP contribution in [0.2, 0.25) is 0 Å². The molecule has 2 unspecified atom stereocenters. The van der Waals surface area contributed by atoms with Gasteiger partial charge in [-0.2, -0.15) is 0 Å². The molecule has 72 valence electrons. The average Bonchev–Trinajstić information content (AvgIpc) is 2.02. The van der Waals surface area contributed by atoms with Crippen molar-refractivity contribution in [2.75, 3.05) is 6.61 Å². The van der Waals surface area contributed by atoms with E-state index in [4.69, 9.17) is 15.3 Å². The molecule has 0 aromatic rings. The molecular formula is C6H11KO6. The maximum Gasteiger partial charge on any atom is 1.00 e. The number of carbonyl (C=O) groups is 2. The van der Waals surface area contributed by atoms with Crippen molar-refractivity contribution in [2.24, 2.45) is 0 Å². The van der Waals surface area contributed by atoms with Crippen molar-refractivity contribution in [3.63, 3.8) is 0 Å². The summed E-state index contributed by atoms with van der Waals surface area (Å²) in [4.78, 5) is 20.6. The van der Waals surface area contributed by atoms with E-state index in [2.05, 4.69) is 4.74 Å². The molecular weight excluding hydrogens is 207 g/mol. The summed E-state index contributed by atoms with van der Waals surface area (Å²) in [6.45, 7) is 1.51. The fourth-order valence-corrected chi connectivity index (χ4v) is 0.492. The number of hydrogen-bond acceptors (Lipinski definition) is 5. The molecule has 0 heterocycles. The average molecular weight is 218 g/mol. The number of aliphatic hydroxyl groups is 2. The minimum absolute atomic E-state index is 0. The van der Waals surface area contributed by atoms with Crippen LogP contribution in [-0.4, -0.2) is 46.1 Å². The zero-order valence-corrected chi connectivity index (χ0v) is 10.6. The van der Waals surface area contributed by atoms with Crippen molar-refractivity contribution in [1.29, 1.82) is 0 Å². The predicted octanol–water partition coefficient (Wildman–Crippen LogP) is -4.53. The number of ether oxygens (including phenoxy) is 1. The molecule has 0 radical (unpaired) electrons. The number of rotatable bonds is 4. The summed E-state index contributed by atoms with van der Waals surface area (Å²) in [6, 6.07) is 0. The first-order chi connectivity index (χ1) is 5.50. The monoisotopic (exact) mass is 218 g/mol. The third-order valence-corrected chi connectivity index (χ3v) is 1.08. The third-order valence-electron chi connectivity index (χ3n) is 1.08. The quantitative estimate of drug-likeness (QED) is 0.324. The van der Waals surface area contributed by atoms with Gasteiger partial charge in [0.2, 0.25) is 0 Å². The first-order valence-electron chi connectivity index (χ1n) is 3.26. The minimum atomic E-state index is -2.14. The maximum atomic E-state index is 10.6. The summed E-state index contributed by atoms with van der Waals surface area (Å²) in [5, 5.41) is 25.6. The van der Waals surface area contributed by atoms with Crippen LogP contribution in [-0.2, 0) is 14.3 Å². The van der Waals surface area contributed by atoms with Crippen molar-refractivity contribution in [3.05, 3.63) is 0 Å². The molecule has 0 saturated heterocycles. The normalized spacial score (nSPS) is 13.8. The largest absolute Gasteiger partial charge is 1.00 e. The Morgan fingerprint density at radius 3 is 2.15 bits per heavy atom. The number of carboxylic acid groups (broad SMARTS) is 1.